The van der Waals surface area contributed by atoms with Gasteiger partial charge in [-0.15, -0.1) is 0 Å². The Morgan fingerprint density at radius 1 is 1.50 bits per heavy atom. The molecule has 0 aromatic heterocycles. The fourth-order valence-corrected chi connectivity index (χ4v) is 2.11. The molecule has 1 aromatic rings. The Morgan fingerprint density at radius 3 is 2.72 bits per heavy atom. The number of aromatic carboxylic acids is 1. The van der Waals surface area contributed by atoms with Crippen molar-refractivity contribution >= 4 is 23.6 Å². The number of halogens is 1. The number of thioether (sulfide) groups is 1. The van der Waals surface area contributed by atoms with Gasteiger partial charge in [0.15, 0.2) is 0 Å². The monoisotopic (exact) mass is 271 g/mol. The molecule has 18 heavy (non-hydrogen) atoms. The van der Waals surface area contributed by atoms with E-state index in [2.05, 4.69) is 5.32 Å². The molecule has 6 heteroatoms. The molecule has 0 aliphatic rings. The maximum absolute atomic E-state index is 13.4. The van der Waals surface area contributed by atoms with Gasteiger partial charge in [-0.05, 0) is 25.3 Å². The van der Waals surface area contributed by atoms with Gasteiger partial charge in [0.05, 0.1) is 5.56 Å². The maximum Gasteiger partial charge on any atom is 0.339 e. The number of amides is 1. The molecule has 1 unspecified atom stereocenters. The summed E-state index contributed by atoms with van der Waals surface area (Å²) in [6, 6.07) is 3.52. The zero-order valence-corrected chi connectivity index (χ0v) is 10.9. The summed E-state index contributed by atoms with van der Waals surface area (Å²) in [6.07, 6.45) is 1.90. The summed E-state index contributed by atoms with van der Waals surface area (Å²) in [7, 11) is 0. The van der Waals surface area contributed by atoms with Crippen molar-refractivity contribution in [3.63, 3.8) is 0 Å². The quantitative estimate of drug-likeness (QED) is 0.859. The fourth-order valence-electron chi connectivity index (χ4n) is 1.52. The number of rotatable bonds is 5. The van der Waals surface area contributed by atoms with E-state index in [0.717, 1.165) is 6.07 Å². The standard InChI is InChI=1S/C12H14FNO3S/c1-7(6-18-2)14-11(15)8-4-3-5-9(13)10(8)12(16)17/h3-5,7H,6H2,1-2H3,(H,14,15)(H,16,17). The molecule has 0 radical (unpaired) electrons. The van der Waals surface area contributed by atoms with Crippen molar-refractivity contribution in [2.24, 2.45) is 0 Å². The number of hydrogen-bond donors (Lipinski definition) is 2. The summed E-state index contributed by atoms with van der Waals surface area (Å²) >= 11 is 1.56. The molecule has 0 aliphatic carbocycles. The second-order valence-corrected chi connectivity index (χ2v) is 4.71. The third-order valence-electron chi connectivity index (χ3n) is 2.27. The zero-order valence-electron chi connectivity index (χ0n) is 10.1. The van der Waals surface area contributed by atoms with E-state index in [1.54, 1.807) is 18.7 Å². The van der Waals surface area contributed by atoms with Gasteiger partial charge in [-0.25, -0.2) is 9.18 Å². The summed E-state index contributed by atoms with van der Waals surface area (Å²) in [6.45, 7) is 1.80. The van der Waals surface area contributed by atoms with Crippen LogP contribution in [0.5, 0.6) is 0 Å². The highest BCUT2D eigenvalue weighted by molar-refractivity contribution is 7.98. The SMILES string of the molecule is CSCC(C)NC(=O)c1cccc(F)c1C(=O)O. The number of carboxylic acids is 1. The lowest BCUT2D eigenvalue weighted by atomic mass is 10.1. The number of hydrogen-bond acceptors (Lipinski definition) is 3. The van der Waals surface area contributed by atoms with E-state index in [-0.39, 0.29) is 11.6 Å². The third-order valence-corrected chi connectivity index (χ3v) is 3.10. The molecule has 2 N–H and O–H groups in total. The van der Waals surface area contributed by atoms with E-state index in [1.807, 2.05) is 6.26 Å². The molecule has 0 saturated carbocycles. The molecular weight excluding hydrogens is 257 g/mol. The first kappa shape index (κ1) is 14.5. The van der Waals surface area contributed by atoms with Crippen molar-refractivity contribution in [3.05, 3.63) is 35.1 Å². The highest BCUT2D eigenvalue weighted by atomic mass is 32.2. The van der Waals surface area contributed by atoms with Crippen LogP contribution in [0.3, 0.4) is 0 Å². The van der Waals surface area contributed by atoms with Gasteiger partial charge in [-0.3, -0.25) is 4.79 Å². The normalized spacial score (nSPS) is 11.9. The van der Waals surface area contributed by atoms with Crippen molar-refractivity contribution in [2.75, 3.05) is 12.0 Å². The summed E-state index contributed by atoms with van der Waals surface area (Å²) in [5.41, 5.74) is -0.748. The molecule has 98 valence electrons. The predicted molar refractivity (Wildman–Crippen MR) is 68.7 cm³/mol. The first-order valence-corrected chi connectivity index (χ1v) is 6.68. The summed E-state index contributed by atoms with van der Waals surface area (Å²) in [5.74, 6) is -2.24. The molecule has 0 spiro atoms. The van der Waals surface area contributed by atoms with Crippen LogP contribution in [-0.2, 0) is 0 Å². The van der Waals surface area contributed by atoms with Crippen LogP contribution < -0.4 is 5.32 Å². The molecule has 4 nitrogen and oxygen atoms in total. The van der Waals surface area contributed by atoms with Gasteiger partial charge in [0.1, 0.15) is 11.4 Å². The number of carbonyl (C=O) groups is 2. The second kappa shape index (κ2) is 6.39. The van der Waals surface area contributed by atoms with Crippen LogP contribution in [0, 0.1) is 5.82 Å². The number of benzene rings is 1. The van der Waals surface area contributed by atoms with E-state index < -0.39 is 23.3 Å². The van der Waals surface area contributed by atoms with E-state index in [9.17, 15) is 14.0 Å². The van der Waals surface area contributed by atoms with Crippen LogP contribution in [0.1, 0.15) is 27.6 Å². The minimum absolute atomic E-state index is 0.114. The molecule has 0 aliphatic heterocycles. The van der Waals surface area contributed by atoms with Crippen molar-refractivity contribution in [1.82, 2.24) is 5.32 Å². The molecule has 1 atom stereocenters. The highest BCUT2D eigenvalue weighted by Crippen LogP contribution is 2.14. The van der Waals surface area contributed by atoms with Crippen molar-refractivity contribution in [3.8, 4) is 0 Å². The Morgan fingerprint density at radius 2 is 2.17 bits per heavy atom. The lowest BCUT2D eigenvalue weighted by Crippen LogP contribution is -2.35. The number of carboxylic acid groups (broad SMARTS) is 1. The Bertz CT molecular complexity index is 465. The summed E-state index contributed by atoms with van der Waals surface area (Å²) in [4.78, 5) is 22.8. The fraction of sp³-hybridized carbons (Fsp3) is 0.333. The average molecular weight is 271 g/mol. The highest BCUT2D eigenvalue weighted by Gasteiger charge is 2.21. The van der Waals surface area contributed by atoms with Crippen LogP contribution in [0.2, 0.25) is 0 Å². The van der Waals surface area contributed by atoms with Gasteiger partial charge < -0.3 is 10.4 Å². The van der Waals surface area contributed by atoms with Crippen LogP contribution in [0.25, 0.3) is 0 Å². The van der Waals surface area contributed by atoms with Gasteiger partial charge in [-0.1, -0.05) is 6.07 Å². The van der Waals surface area contributed by atoms with Crippen LogP contribution >= 0.6 is 11.8 Å². The molecule has 0 fully saturated rings. The van der Waals surface area contributed by atoms with Crippen LogP contribution in [0.4, 0.5) is 4.39 Å². The van der Waals surface area contributed by atoms with Crippen molar-refractivity contribution in [1.29, 1.82) is 0 Å². The second-order valence-electron chi connectivity index (χ2n) is 3.80. The Labute approximate surface area is 109 Å². The minimum atomic E-state index is -1.45. The molecule has 0 bridgehead atoms. The van der Waals surface area contributed by atoms with E-state index in [1.165, 1.54) is 12.1 Å². The first-order valence-electron chi connectivity index (χ1n) is 5.29. The molecular formula is C12H14FNO3S. The third kappa shape index (κ3) is 3.46. The van der Waals surface area contributed by atoms with Crippen molar-refractivity contribution < 1.29 is 19.1 Å². The smallest absolute Gasteiger partial charge is 0.339 e. The lowest BCUT2D eigenvalue weighted by Gasteiger charge is -2.13. The van der Waals surface area contributed by atoms with Gasteiger partial charge in [0.25, 0.3) is 5.91 Å². The zero-order chi connectivity index (χ0) is 13.7. The Balaban J connectivity index is 2.99. The molecule has 0 saturated heterocycles. The van der Waals surface area contributed by atoms with Gasteiger partial charge in [0, 0.05) is 11.8 Å². The number of carbonyl (C=O) groups excluding carboxylic acids is 1. The summed E-state index contributed by atoms with van der Waals surface area (Å²) in [5, 5.41) is 11.5. The Hall–Kier alpha value is -1.56. The van der Waals surface area contributed by atoms with Crippen molar-refractivity contribution in [2.45, 2.75) is 13.0 Å². The Kier molecular flexibility index (Phi) is 5.15. The summed E-state index contributed by atoms with van der Waals surface area (Å²) < 4.78 is 13.4. The molecule has 1 rings (SSSR count). The van der Waals surface area contributed by atoms with E-state index in [0.29, 0.717) is 5.75 Å². The van der Waals surface area contributed by atoms with Gasteiger partial charge >= 0.3 is 5.97 Å². The molecule has 0 heterocycles. The van der Waals surface area contributed by atoms with Crippen LogP contribution in [0.15, 0.2) is 18.2 Å². The van der Waals surface area contributed by atoms with Gasteiger partial charge in [0.2, 0.25) is 0 Å². The average Bonchev–Trinajstić information content (AvgIpc) is 2.28. The largest absolute Gasteiger partial charge is 0.478 e. The topological polar surface area (TPSA) is 66.4 Å². The first-order chi connectivity index (χ1) is 8.47. The molecule has 1 amide bonds. The molecule has 1 aromatic carbocycles. The predicted octanol–water partition coefficient (Wildman–Crippen LogP) is 2.01. The van der Waals surface area contributed by atoms with Crippen LogP contribution in [-0.4, -0.2) is 35.0 Å². The maximum atomic E-state index is 13.4. The lowest BCUT2D eigenvalue weighted by molar-refractivity contribution is 0.0685. The number of nitrogens with one attached hydrogen (secondary N) is 1. The van der Waals surface area contributed by atoms with Gasteiger partial charge in [-0.2, -0.15) is 11.8 Å². The minimum Gasteiger partial charge on any atom is -0.478 e. The van der Waals surface area contributed by atoms with E-state index in [4.69, 9.17) is 5.11 Å². The van der Waals surface area contributed by atoms with E-state index >= 15 is 0 Å².